The van der Waals surface area contributed by atoms with Gasteiger partial charge >= 0.3 is 0 Å². The first-order chi connectivity index (χ1) is 9.32. The molecule has 8 heteroatoms. The van der Waals surface area contributed by atoms with E-state index >= 15 is 0 Å². The predicted octanol–water partition coefficient (Wildman–Crippen LogP) is -0.0948. The smallest absolute Gasteiger partial charge is 0.246 e. The lowest BCUT2D eigenvalue weighted by Crippen LogP contribution is -2.36. The molecule has 1 aromatic rings. The molecule has 1 unspecified atom stereocenters. The van der Waals surface area contributed by atoms with Gasteiger partial charge in [-0.15, -0.1) is 0 Å². The van der Waals surface area contributed by atoms with Gasteiger partial charge in [0.15, 0.2) is 0 Å². The molecule has 0 aliphatic rings. The van der Waals surface area contributed by atoms with E-state index in [9.17, 15) is 13.5 Å². The van der Waals surface area contributed by atoms with E-state index in [-0.39, 0.29) is 23.8 Å². The number of nitrogens with two attached hydrogens (primary N) is 1. The number of methoxy groups -OCH3 is 2. The van der Waals surface area contributed by atoms with Crippen LogP contribution in [0.4, 0.5) is 5.69 Å². The zero-order valence-corrected chi connectivity index (χ0v) is 12.6. The fourth-order valence-electron chi connectivity index (χ4n) is 1.70. The van der Waals surface area contributed by atoms with Gasteiger partial charge in [0, 0.05) is 26.4 Å². The minimum atomic E-state index is -3.80. The average Bonchev–Trinajstić information content (AvgIpc) is 2.38. The molecule has 3 N–H and O–H groups in total. The lowest BCUT2D eigenvalue weighted by Gasteiger charge is -2.21. The van der Waals surface area contributed by atoms with Crippen LogP contribution in [-0.4, -0.2) is 58.4 Å². The van der Waals surface area contributed by atoms with E-state index in [0.717, 1.165) is 4.31 Å². The number of ether oxygens (including phenoxy) is 2. The lowest BCUT2D eigenvalue weighted by molar-refractivity contribution is 0.0554. The number of likely N-dealkylation sites (N-methyl/N-ethyl adjacent to an activating group) is 1. The number of nitrogens with zero attached hydrogens (tertiary/aromatic N) is 1. The molecule has 0 saturated heterocycles. The Morgan fingerprint density at radius 2 is 2.05 bits per heavy atom. The summed E-state index contributed by atoms with van der Waals surface area (Å²) in [5.41, 5.74) is 5.94. The Kier molecular flexibility index (Phi) is 5.75. The second kappa shape index (κ2) is 6.89. The monoisotopic (exact) mass is 304 g/mol. The summed E-state index contributed by atoms with van der Waals surface area (Å²) in [5.74, 6) is 0.201. The third kappa shape index (κ3) is 3.83. The number of hydrogen-bond acceptors (Lipinski definition) is 6. The first kappa shape index (κ1) is 16.7. The summed E-state index contributed by atoms with van der Waals surface area (Å²) in [4.78, 5) is -0.0351. The third-order valence-electron chi connectivity index (χ3n) is 2.70. The Bertz CT molecular complexity index is 547. The van der Waals surface area contributed by atoms with Gasteiger partial charge in [0.05, 0.1) is 19.8 Å². The van der Waals surface area contributed by atoms with Crippen LogP contribution in [0.5, 0.6) is 5.75 Å². The molecule has 20 heavy (non-hydrogen) atoms. The van der Waals surface area contributed by atoms with E-state index in [1.54, 1.807) is 6.07 Å². The van der Waals surface area contributed by atoms with Gasteiger partial charge in [-0.25, -0.2) is 8.42 Å². The highest BCUT2D eigenvalue weighted by Crippen LogP contribution is 2.28. The number of sulfonamides is 1. The lowest BCUT2D eigenvalue weighted by atomic mass is 10.3. The van der Waals surface area contributed by atoms with Crippen molar-refractivity contribution in [3.63, 3.8) is 0 Å². The minimum Gasteiger partial charge on any atom is -0.495 e. The molecule has 0 saturated carbocycles. The number of benzene rings is 1. The van der Waals surface area contributed by atoms with Crippen LogP contribution in [0.1, 0.15) is 0 Å². The van der Waals surface area contributed by atoms with E-state index < -0.39 is 16.1 Å². The maximum absolute atomic E-state index is 12.4. The van der Waals surface area contributed by atoms with Crippen LogP contribution >= 0.6 is 0 Å². The Morgan fingerprint density at radius 3 is 2.60 bits per heavy atom. The van der Waals surface area contributed by atoms with Gasteiger partial charge < -0.3 is 20.3 Å². The molecule has 0 fully saturated rings. The molecule has 0 aliphatic heterocycles. The fourth-order valence-corrected chi connectivity index (χ4v) is 3.10. The largest absolute Gasteiger partial charge is 0.495 e. The van der Waals surface area contributed by atoms with Crippen LogP contribution in [0.25, 0.3) is 0 Å². The highest BCUT2D eigenvalue weighted by Gasteiger charge is 2.26. The van der Waals surface area contributed by atoms with Crippen molar-refractivity contribution in [1.29, 1.82) is 0 Å². The van der Waals surface area contributed by atoms with Crippen molar-refractivity contribution in [2.45, 2.75) is 11.0 Å². The number of aliphatic hydroxyl groups excluding tert-OH is 1. The molecule has 0 bridgehead atoms. The van der Waals surface area contributed by atoms with Crippen LogP contribution in [0, 0.1) is 0 Å². The summed E-state index contributed by atoms with van der Waals surface area (Å²) in [6.45, 7) is -0.0396. The fraction of sp³-hybridized carbons (Fsp3) is 0.500. The normalized spacial score (nSPS) is 13.4. The Labute approximate surface area is 119 Å². The SMILES string of the molecule is COCC(O)CN(C)S(=O)(=O)c1cc(N)ccc1OC. The van der Waals surface area contributed by atoms with E-state index in [4.69, 9.17) is 15.2 Å². The van der Waals surface area contributed by atoms with Crippen LogP contribution in [-0.2, 0) is 14.8 Å². The van der Waals surface area contributed by atoms with Crippen LogP contribution in [0.2, 0.25) is 0 Å². The van der Waals surface area contributed by atoms with Crippen LogP contribution in [0.15, 0.2) is 23.1 Å². The molecule has 114 valence electrons. The highest BCUT2D eigenvalue weighted by molar-refractivity contribution is 7.89. The number of hydrogen-bond donors (Lipinski definition) is 2. The molecule has 0 radical (unpaired) electrons. The molecule has 7 nitrogen and oxygen atoms in total. The van der Waals surface area contributed by atoms with Gasteiger partial charge in [0.2, 0.25) is 10.0 Å². The standard InChI is InChI=1S/C12H20N2O5S/c1-14(7-10(15)8-18-2)20(16,17)12-6-9(13)4-5-11(12)19-3/h4-6,10,15H,7-8,13H2,1-3H3. The van der Waals surface area contributed by atoms with Gasteiger partial charge in [0.1, 0.15) is 10.6 Å². The Hall–Kier alpha value is -1.35. The van der Waals surface area contributed by atoms with E-state index in [0.29, 0.717) is 5.69 Å². The number of nitrogen functional groups attached to an aromatic ring is 1. The van der Waals surface area contributed by atoms with Crippen molar-refractivity contribution >= 4 is 15.7 Å². The van der Waals surface area contributed by atoms with Crippen molar-refractivity contribution in [3.05, 3.63) is 18.2 Å². The molecular formula is C12H20N2O5S. The van der Waals surface area contributed by atoms with Gasteiger partial charge in [-0.1, -0.05) is 0 Å². The first-order valence-electron chi connectivity index (χ1n) is 5.89. The maximum Gasteiger partial charge on any atom is 0.246 e. The highest BCUT2D eigenvalue weighted by atomic mass is 32.2. The van der Waals surface area contributed by atoms with Gasteiger partial charge in [-0.05, 0) is 18.2 Å². The zero-order chi connectivity index (χ0) is 15.3. The van der Waals surface area contributed by atoms with Crippen molar-refractivity contribution in [1.82, 2.24) is 4.31 Å². The molecule has 0 spiro atoms. The second-order valence-electron chi connectivity index (χ2n) is 4.31. The minimum absolute atomic E-state index is 0.0351. The molecule has 0 aromatic heterocycles. The third-order valence-corrected chi connectivity index (χ3v) is 4.55. The van der Waals surface area contributed by atoms with E-state index in [1.165, 1.54) is 33.4 Å². The second-order valence-corrected chi connectivity index (χ2v) is 6.32. The predicted molar refractivity (Wildman–Crippen MR) is 75.1 cm³/mol. The van der Waals surface area contributed by atoms with Gasteiger partial charge in [-0.3, -0.25) is 0 Å². The van der Waals surface area contributed by atoms with Crippen molar-refractivity contribution < 1.29 is 23.0 Å². The molecule has 1 aromatic carbocycles. The topological polar surface area (TPSA) is 102 Å². The number of aliphatic hydroxyl groups is 1. The van der Waals surface area contributed by atoms with Crippen LogP contribution < -0.4 is 10.5 Å². The summed E-state index contributed by atoms with van der Waals surface area (Å²) in [5, 5.41) is 9.62. The maximum atomic E-state index is 12.4. The number of anilines is 1. The molecule has 0 aliphatic carbocycles. The van der Waals surface area contributed by atoms with Crippen LogP contribution in [0.3, 0.4) is 0 Å². The van der Waals surface area contributed by atoms with E-state index in [2.05, 4.69) is 0 Å². The molecular weight excluding hydrogens is 284 g/mol. The quantitative estimate of drug-likeness (QED) is 0.682. The first-order valence-corrected chi connectivity index (χ1v) is 7.33. The summed E-state index contributed by atoms with van der Waals surface area (Å²) in [7, 11) is 0.376. The van der Waals surface area contributed by atoms with Gasteiger partial charge in [-0.2, -0.15) is 4.31 Å². The molecule has 1 atom stereocenters. The summed E-state index contributed by atoms with van der Waals surface area (Å²) >= 11 is 0. The van der Waals surface area contributed by atoms with Crippen molar-refractivity contribution in [2.75, 3.05) is 40.2 Å². The Morgan fingerprint density at radius 1 is 1.40 bits per heavy atom. The summed E-state index contributed by atoms with van der Waals surface area (Å²) < 4.78 is 35.7. The molecule has 0 heterocycles. The van der Waals surface area contributed by atoms with Crippen molar-refractivity contribution in [2.24, 2.45) is 0 Å². The summed E-state index contributed by atoms with van der Waals surface area (Å²) in [6, 6.07) is 4.37. The average molecular weight is 304 g/mol. The van der Waals surface area contributed by atoms with E-state index in [1.807, 2.05) is 0 Å². The number of rotatable bonds is 7. The molecule has 0 amide bonds. The zero-order valence-electron chi connectivity index (χ0n) is 11.7. The summed E-state index contributed by atoms with van der Waals surface area (Å²) in [6.07, 6.45) is -0.910. The van der Waals surface area contributed by atoms with Gasteiger partial charge in [0.25, 0.3) is 0 Å². The Balaban J connectivity index is 3.07. The molecule has 1 rings (SSSR count). The van der Waals surface area contributed by atoms with Crippen molar-refractivity contribution in [3.8, 4) is 5.75 Å².